The van der Waals surface area contributed by atoms with E-state index < -0.39 is 0 Å². The van der Waals surface area contributed by atoms with Crippen molar-refractivity contribution in [3.8, 4) is 0 Å². The molecule has 1 amide bonds. The number of carbonyl (C=O) groups excluding carboxylic acids is 1. The molecule has 6 heteroatoms. The number of amides is 1. The topological polar surface area (TPSA) is 79.5 Å². The van der Waals surface area contributed by atoms with Gasteiger partial charge in [0.25, 0.3) is 11.6 Å². The lowest BCUT2D eigenvalue weighted by molar-refractivity contribution is 0.0339. The summed E-state index contributed by atoms with van der Waals surface area (Å²) in [5.41, 5.74) is 2.77. The molecule has 2 aromatic heterocycles. The third-order valence-corrected chi connectivity index (χ3v) is 6.06. The van der Waals surface area contributed by atoms with Crippen molar-refractivity contribution >= 4 is 17.0 Å². The van der Waals surface area contributed by atoms with Crippen molar-refractivity contribution in [2.45, 2.75) is 51.9 Å². The maximum atomic E-state index is 13.2. The molecule has 0 unspecified atom stereocenters. The fourth-order valence-corrected chi connectivity index (χ4v) is 3.85. The third kappa shape index (κ3) is 2.82. The van der Waals surface area contributed by atoms with Crippen molar-refractivity contribution < 1.29 is 14.4 Å². The molecule has 1 saturated carbocycles. The Bertz CT molecular complexity index is 796. The minimum absolute atomic E-state index is 0.0308. The smallest absolute Gasteiger partial charge is 0.259 e. The lowest BCUT2D eigenvalue weighted by Gasteiger charge is -2.40. The zero-order valence-electron chi connectivity index (χ0n) is 14.9. The minimum Gasteiger partial charge on any atom is -0.396 e. The average Bonchev–Trinajstić information content (AvgIpc) is 3.44. The van der Waals surface area contributed by atoms with Gasteiger partial charge in [-0.2, -0.15) is 0 Å². The number of aryl methyl sites for hydroxylation is 1. The first kappa shape index (κ1) is 16.5. The zero-order chi connectivity index (χ0) is 17.6. The molecule has 1 N–H and O–H groups in total. The van der Waals surface area contributed by atoms with Crippen molar-refractivity contribution in [3.63, 3.8) is 0 Å². The van der Waals surface area contributed by atoms with E-state index in [4.69, 9.17) is 4.52 Å². The maximum absolute atomic E-state index is 13.2. The standard InChI is InChI=1S/C19H25N3O3/c1-3-19(11-23)6-8-22(9-7-19)18(24)14-10-15(13-4-5-13)20-17-16(14)12(2)21-25-17/h10,13,23H,3-9,11H2,1-2H3. The fraction of sp³-hybridized carbons (Fsp3) is 0.632. The summed E-state index contributed by atoms with van der Waals surface area (Å²) < 4.78 is 5.35. The van der Waals surface area contributed by atoms with Gasteiger partial charge in [-0.05, 0) is 50.5 Å². The van der Waals surface area contributed by atoms with Crippen LogP contribution in [0.25, 0.3) is 11.1 Å². The molecule has 0 spiro atoms. The third-order valence-electron chi connectivity index (χ3n) is 6.06. The summed E-state index contributed by atoms with van der Waals surface area (Å²) in [6, 6.07) is 1.94. The highest BCUT2D eigenvalue weighted by Crippen LogP contribution is 2.41. The van der Waals surface area contributed by atoms with Crippen LogP contribution >= 0.6 is 0 Å². The molecule has 0 bridgehead atoms. The van der Waals surface area contributed by atoms with E-state index in [1.165, 1.54) is 0 Å². The number of hydrogen-bond donors (Lipinski definition) is 1. The van der Waals surface area contributed by atoms with E-state index >= 15 is 0 Å². The molecule has 2 aliphatic rings. The van der Waals surface area contributed by atoms with Crippen LogP contribution in [0.1, 0.15) is 66.7 Å². The van der Waals surface area contributed by atoms with Gasteiger partial charge in [0.2, 0.25) is 0 Å². The van der Waals surface area contributed by atoms with E-state index in [0.29, 0.717) is 36.0 Å². The van der Waals surface area contributed by atoms with Gasteiger partial charge >= 0.3 is 0 Å². The van der Waals surface area contributed by atoms with Gasteiger partial charge in [0.15, 0.2) is 0 Å². The van der Waals surface area contributed by atoms with Crippen LogP contribution in [0, 0.1) is 12.3 Å². The predicted octanol–water partition coefficient (Wildman–Crippen LogP) is 3.03. The summed E-state index contributed by atoms with van der Waals surface area (Å²) in [6.45, 7) is 5.52. The molecule has 0 aromatic carbocycles. The molecule has 1 saturated heterocycles. The molecule has 4 rings (SSSR count). The van der Waals surface area contributed by atoms with Crippen molar-refractivity contribution in [2.75, 3.05) is 19.7 Å². The van der Waals surface area contributed by atoms with E-state index in [2.05, 4.69) is 17.1 Å². The molecule has 0 radical (unpaired) electrons. The number of hydrogen-bond acceptors (Lipinski definition) is 5. The van der Waals surface area contributed by atoms with E-state index in [0.717, 1.165) is 43.2 Å². The fourth-order valence-electron chi connectivity index (χ4n) is 3.85. The number of carbonyl (C=O) groups is 1. The summed E-state index contributed by atoms with van der Waals surface area (Å²) in [4.78, 5) is 19.7. The zero-order valence-corrected chi connectivity index (χ0v) is 14.9. The quantitative estimate of drug-likeness (QED) is 0.923. The molecule has 2 fully saturated rings. The Balaban J connectivity index is 1.65. The largest absolute Gasteiger partial charge is 0.396 e. The summed E-state index contributed by atoms with van der Waals surface area (Å²) in [5, 5.41) is 14.5. The van der Waals surface area contributed by atoms with Crippen LogP contribution in [0.15, 0.2) is 10.6 Å². The second-order valence-corrected chi connectivity index (χ2v) is 7.62. The molecule has 2 aromatic rings. The van der Waals surface area contributed by atoms with Gasteiger partial charge < -0.3 is 14.5 Å². The average molecular weight is 343 g/mol. The second kappa shape index (κ2) is 6.09. The highest BCUT2D eigenvalue weighted by atomic mass is 16.5. The summed E-state index contributed by atoms with van der Waals surface area (Å²) in [6.07, 6.45) is 4.88. The summed E-state index contributed by atoms with van der Waals surface area (Å²) in [7, 11) is 0. The van der Waals surface area contributed by atoms with Crippen molar-refractivity contribution in [1.82, 2.24) is 15.0 Å². The molecular formula is C19H25N3O3. The SMILES string of the molecule is CCC1(CO)CCN(C(=O)c2cc(C3CC3)nc3onc(C)c23)CC1. The molecule has 3 heterocycles. The van der Waals surface area contributed by atoms with E-state index in [1.54, 1.807) is 0 Å². The Morgan fingerprint density at radius 2 is 2.12 bits per heavy atom. The first-order valence-corrected chi connectivity index (χ1v) is 9.24. The number of aliphatic hydroxyl groups is 1. The number of aliphatic hydroxyl groups excluding tert-OH is 1. The first-order chi connectivity index (χ1) is 12.1. The number of nitrogens with zero attached hydrogens (tertiary/aromatic N) is 3. The first-order valence-electron chi connectivity index (χ1n) is 9.24. The maximum Gasteiger partial charge on any atom is 0.259 e. The molecule has 134 valence electrons. The Labute approximate surface area is 147 Å². The van der Waals surface area contributed by atoms with Crippen molar-refractivity contribution in [3.05, 3.63) is 23.0 Å². The highest BCUT2D eigenvalue weighted by Gasteiger charge is 2.35. The van der Waals surface area contributed by atoms with Gasteiger partial charge in [-0.25, -0.2) is 4.98 Å². The number of aromatic nitrogens is 2. The van der Waals surface area contributed by atoms with Crippen LogP contribution in [-0.2, 0) is 0 Å². The van der Waals surface area contributed by atoms with Gasteiger partial charge in [-0.15, -0.1) is 0 Å². The number of rotatable bonds is 4. The number of fused-ring (bicyclic) bond motifs is 1. The van der Waals surface area contributed by atoms with Gasteiger partial charge in [0, 0.05) is 31.3 Å². The number of pyridine rings is 1. The second-order valence-electron chi connectivity index (χ2n) is 7.62. The van der Waals surface area contributed by atoms with Crippen LogP contribution in [-0.4, -0.2) is 45.8 Å². The lowest BCUT2D eigenvalue weighted by Crippen LogP contribution is -2.44. The summed E-state index contributed by atoms with van der Waals surface area (Å²) in [5.74, 6) is 0.480. The molecule has 1 aliphatic carbocycles. The van der Waals surface area contributed by atoms with Gasteiger partial charge in [0.1, 0.15) is 0 Å². The lowest BCUT2D eigenvalue weighted by atomic mass is 9.77. The van der Waals surface area contributed by atoms with Gasteiger partial charge in [0.05, 0.1) is 16.6 Å². The van der Waals surface area contributed by atoms with E-state index in [1.807, 2.05) is 17.9 Å². The van der Waals surface area contributed by atoms with Crippen LogP contribution in [0.4, 0.5) is 0 Å². The van der Waals surface area contributed by atoms with Crippen LogP contribution in [0.3, 0.4) is 0 Å². The molecule has 6 nitrogen and oxygen atoms in total. The molecule has 1 aliphatic heterocycles. The van der Waals surface area contributed by atoms with Crippen LogP contribution in [0.5, 0.6) is 0 Å². The Morgan fingerprint density at radius 1 is 1.40 bits per heavy atom. The molecular weight excluding hydrogens is 318 g/mol. The minimum atomic E-state index is -0.0311. The van der Waals surface area contributed by atoms with Gasteiger partial charge in [-0.3, -0.25) is 4.79 Å². The van der Waals surface area contributed by atoms with E-state index in [-0.39, 0.29) is 17.9 Å². The number of piperidine rings is 1. The van der Waals surface area contributed by atoms with Crippen LogP contribution < -0.4 is 0 Å². The Morgan fingerprint density at radius 3 is 2.72 bits per heavy atom. The van der Waals surface area contributed by atoms with Gasteiger partial charge in [-0.1, -0.05) is 12.1 Å². The number of likely N-dealkylation sites (tertiary alicyclic amines) is 1. The molecule has 25 heavy (non-hydrogen) atoms. The monoisotopic (exact) mass is 343 g/mol. The Hall–Kier alpha value is -1.95. The van der Waals surface area contributed by atoms with Crippen LogP contribution in [0.2, 0.25) is 0 Å². The van der Waals surface area contributed by atoms with Crippen molar-refractivity contribution in [1.29, 1.82) is 0 Å². The summed E-state index contributed by atoms with van der Waals surface area (Å²) >= 11 is 0. The van der Waals surface area contributed by atoms with E-state index in [9.17, 15) is 9.90 Å². The van der Waals surface area contributed by atoms with Crippen molar-refractivity contribution in [2.24, 2.45) is 5.41 Å². The normalized spacial score (nSPS) is 20.2. The Kier molecular flexibility index (Phi) is 4.02. The predicted molar refractivity (Wildman–Crippen MR) is 93.5 cm³/mol. The highest BCUT2D eigenvalue weighted by molar-refractivity contribution is 6.06. The molecule has 0 atom stereocenters.